The average Bonchev–Trinajstić information content (AvgIpc) is 2.67. The van der Waals surface area contributed by atoms with Gasteiger partial charge < -0.3 is 14.7 Å². The van der Waals surface area contributed by atoms with Gasteiger partial charge in [-0.1, -0.05) is 29.8 Å². The molecule has 0 aromatic heterocycles. The Morgan fingerprint density at radius 1 is 1.07 bits per heavy atom. The number of anilines is 1. The van der Waals surface area contributed by atoms with Crippen LogP contribution in [0.4, 0.5) is 5.69 Å². The number of benzene rings is 2. The summed E-state index contributed by atoms with van der Waals surface area (Å²) in [6.45, 7) is 7.35. The zero-order chi connectivity index (χ0) is 20.1. The third-order valence-corrected chi connectivity index (χ3v) is 6.81. The molecule has 0 amide bonds. The van der Waals surface area contributed by atoms with Crippen molar-refractivity contribution in [3.63, 3.8) is 0 Å². The zero-order valence-electron chi connectivity index (χ0n) is 16.5. The monoisotopic (exact) mass is 405 g/mol. The van der Waals surface area contributed by atoms with E-state index in [1.165, 1.54) is 9.21 Å². The molecule has 1 heterocycles. The van der Waals surface area contributed by atoms with Crippen LogP contribution in [-0.4, -0.2) is 59.0 Å². The molecular weight excluding hydrogens is 376 g/mol. The van der Waals surface area contributed by atoms with E-state index in [-0.39, 0.29) is 11.4 Å². The Hall–Kier alpha value is -1.93. The number of morpholine rings is 1. The van der Waals surface area contributed by atoms with Crippen LogP contribution in [0.1, 0.15) is 11.1 Å². The van der Waals surface area contributed by atoms with Gasteiger partial charge in [0.25, 0.3) is 10.0 Å². The van der Waals surface area contributed by atoms with Crippen molar-refractivity contribution in [3.05, 3.63) is 59.7 Å². The van der Waals surface area contributed by atoms with Crippen LogP contribution in [-0.2, 0) is 14.8 Å². The summed E-state index contributed by atoms with van der Waals surface area (Å²) in [4.78, 5) is 1.46. The molecule has 7 heteroatoms. The first-order valence-electron chi connectivity index (χ1n) is 9.62. The number of nitrogens with zero attached hydrogens (tertiary/aromatic N) is 1. The number of aliphatic hydroxyl groups is 1. The van der Waals surface area contributed by atoms with E-state index in [4.69, 9.17) is 4.74 Å². The number of sulfonamides is 1. The molecule has 0 unspecified atom stereocenters. The van der Waals surface area contributed by atoms with E-state index < -0.39 is 16.1 Å². The van der Waals surface area contributed by atoms with Crippen molar-refractivity contribution in [2.24, 2.45) is 0 Å². The van der Waals surface area contributed by atoms with Crippen LogP contribution in [0.5, 0.6) is 0 Å². The highest BCUT2D eigenvalue weighted by molar-refractivity contribution is 7.92. The number of aryl methyl sites for hydroxylation is 2. The molecule has 3 rings (SSSR count). The predicted molar refractivity (Wildman–Crippen MR) is 109 cm³/mol. The van der Waals surface area contributed by atoms with Gasteiger partial charge in [-0.2, -0.15) is 0 Å². The molecule has 0 aliphatic carbocycles. The SMILES string of the molecule is Cc1ccc(S(=O)(=O)N(C[C@@H](O)C[NH+]2CCOCC2)c2cccc(C)c2)cc1. The van der Waals surface area contributed by atoms with Gasteiger partial charge in [0.05, 0.1) is 30.3 Å². The van der Waals surface area contributed by atoms with Gasteiger partial charge in [-0.15, -0.1) is 0 Å². The molecule has 0 bridgehead atoms. The van der Waals surface area contributed by atoms with Gasteiger partial charge >= 0.3 is 0 Å². The molecule has 1 fully saturated rings. The van der Waals surface area contributed by atoms with Crippen molar-refractivity contribution >= 4 is 15.7 Å². The summed E-state index contributed by atoms with van der Waals surface area (Å²) < 4.78 is 33.4. The number of rotatable bonds is 7. The first-order valence-corrected chi connectivity index (χ1v) is 11.1. The number of quaternary nitrogens is 1. The third-order valence-electron chi connectivity index (χ3n) is 5.00. The van der Waals surface area contributed by atoms with Crippen LogP contribution in [0.25, 0.3) is 0 Å². The van der Waals surface area contributed by atoms with Crippen LogP contribution < -0.4 is 9.21 Å². The second-order valence-corrected chi connectivity index (χ2v) is 9.27. The molecule has 1 saturated heterocycles. The van der Waals surface area contributed by atoms with Crippen LogP contribution in [0, 0.1) is 13.8 Å². The van der Waals surface area contributed by atoms with Crippen LogP contribution in [0.15, 0.2) is 53.4 Å². The lowest BCUT2D eigenvalue weighted by molar-refractivity contribution is -0.910. The van der Waals surface area contributed by atoms with Crippen LogP contribution in [0.2, 0.25) is 0 Å². The molecule has 2 aromatic rings. The fourth-order valence-electron chi connectivity index (χ4n) is 3.42. The van der Waals surface area contributed by atoms with Crippen LogP contribution >= 0.6 is 0 Å². The zero-order valence-corrected chi connectivity index (χ0v) is 17.3. The molecular formula is C21H29N2O4S+. The van der Waals surface area contributed by atoms with Gasteiger partial charge in [0.15, 0.2) is 0 Å². The average molecular weight is 406 g/mol. The van der Waals surface area contributed by atoms with Gasteiger partial charge in [0, 0.05) is 0 Å². The number of nitrogens with one attached hydrogen (secondary N) is 1. The normalized spacial score (nSPS) is 16.7. The van der Waals surface area contributed by atoms with E-state index in [2.05, 4.69) is 0 Å². The predicted octanol–water partition coefficient (Wildman–Crippen LogP) is 0.775. The maximum Gasteiger partial charge on any atom is 0.264 e. The highest BCUT2D eigenvalue weighted by Crippen LogP contribution is 2.25. The molecule has 1 aliphatic heterocycles. The quantitative estimate of drug-likeness (QED) is 0.714. The van der Waals surface area contributed by atoms with E-state index in [1.807, 2.05) is 32.0 Å². The number of aliphatic hydroxyl groups excluding tert-OH is 1. The highest BCUT2D eigenvalue weighted by Gasteiger charge is 2.29. The Labute approximate surface area is 167 Å². The Kier molecular flexibility index (Phi) is 6.72. The molecule has 6 nitrogen and oxygen atoms in total. The lowest BCUT2D eigenvalue weighted by atomic mass is 10.2. The summed E-state index contributed by atoms with van der Waals surface area (Å²) in [5.74, 6) is 0. The standard InChI is InChI=1S/C21H28N2O4S/c1-17-6-8-21(9-7-17)28(25,26)23(19-5-3-4-18(2)14-19)16-20(24)15-22-10-12-27-13-11-22/h3-9,14,20,24H,10-13,15-16H2,1-2H3/p+1/t20-/m0/s1. The minimum absolute atomic E-state index is 0.0179. The summed E-state index contributed by atoms with van der Waals surface area (Å²) >= 11 is 0. The summed E-state index contributed by atoms with van der Waals surface area (Å²) in [6, 6.07) is 14.2. The smallest absolute Gasteiger partial charge is 0.264 e. The largest absolute Gasteiger partial charge is 0.385 e. The summed E-state index contributed by atoms with van der Waals surface area (Å²) in [5, 5.41) is 10.7. The van der Waals surface area contributed by atoms with Crippen molar-refractivity contribution < 1.29 is 23.2 Å². The second kappa shape index (κ2) is 9.05. The van der Waals surface area contributed by atoms with Crippen molar-refractivity contribution in [2.45, 2.75) is 24.8 Å². The first kappa shape index (κ1) is 20.8. The van der Waals surface area contributed by atoms with Gasteiger partial charge in [-0.25, -0.2) is 8.42 Å². The molecule has 1 atom stereocenters. The van der Waals surface area contributed by atoms with Crippen LogP contribution in [0.3, 0.4) is 0 Å². The Bertz CT molecular complexity index is 878. The summed E-state index contributed by atoms with van der Waals surface area (Å²) in [5.41, 5.74) is 2.53. The third kappa shape index (κ3) is 5.11. The Morgan fingerprint density at radius 3 is 2.39 bits per heavy atom. The van der Waals surface area contributed by atoms with Crippen molar-refractivity contribution in [1.82, 2.24) is 0 Å². The summed E-state index contributed by atoms with van der Waals surface area (Å²) in [6.07, 6.45) is -0.770. The van der Waals surface area contributed by atoms with Gasteiger partial charge in [0.2, 0.25) is 0 Å². The lowest BCUT2D eigenvalue weighted by Gasteiger charge is -2.30. The highest BCUT2D eigenvalue weighted by atomic mass is 32.2. The topological polar surface area (TPSA) is 71.3 Å². The molecule has 1 aliphatic rings. The van der Waals surface area contributed by atoms with Crippen molar-refractivity contribution in [1.29, 1.82) is 0 Å². The minimum atomic E-state index is -3.78. The Morgan fingerprint density at radius 2 is 1.75 bits per heavy atom. The van der Waals surface area contributed by atoms with E-state index in [0.717, 1.165) is 24.2 Å². The van der Waals surface area contributed by atoms with E-state index in [1.54, 1.807) is 30.3 Å². The number of hydrogen-bond acceptors (Lipinski definition) is 4. The molecule has 0 radical (unpaired) electrons. The molecule has 0 spiro atoms. The van der Waals surface area contributed by atoms with E-state index in [9.17, 15) is 13.5 Å². The summed E-state index contributed by atoms with van der Waals surface area (Å²) in [7, 11) is -3.78. The lowest BCUT2D eigenvalue weighted by Crippen LogP contribution is -3.15. The Balaban J connectivity index is 1.87. The van der Waals surface area contributed by atoms with E-state index >= 15 is 0 Å². The molecule has 2 N–H and O–H groups in total. The van der Waals surface area contributed by atoms with E-state index in [0.29, 0.717) is 25.4 Å². The second-order valence-electron chi connectivity index (χ2n) is 7.41. The van der Waals surface area contributed by atoms with Crippen molar-refractivity contribution in [3.8, 4) is 0 Å². The van der Waals surface area contributed by atoms with Gasteiger partial charge in [-0.05, 0) is 43.7 Å². The maximum absolute atomic E-state index is 13.4. The molecule has 28 heavy (non-hydrogen) atoms. The molecule has 152 valence electrons. The minimum Gasteiger partial charge on any atom is -0.385 e. The molecule has 2 aromatic carbocycles. The first-order chi connectivity index (χ1) is 13.4. The maximum atomic E-state index is 13.4. The fraction of sp³-hybridized carbons (Fsp3) is 0.429. The van der Waals surface area contributed by atoms with Gasteiger partial charge in [0.1, 0.15) is 25.7 Å². The number of hydrogen-bond donors (Lipinski definition) is 2. The van der Waals surface area contributed by atoms with Gasteiger partial charge in [-0.3, -0.25) is 4.31 Å². The number of ether oxygens (including phenoxy) is 1. The van der Waals surface area contributed by atoms with Crippen molar-refractivity contribution in [2.75, 3.05) is 43.7 Å². The fourth-order valence-corrected chi connectivity index (χ4v) is 4.91. The molecule has 0 saturated carbocycles.